The fraction of sp³-hybridized carbons (Fsp3) is 0.333. The van der Waals surface area contributed by atoms with Crippen LogP contribution in [-0.4, -0.2) is 33.1 Å². The first kappa shape index (κ1) is 18.6. The first-order chi connectivity index (χ1) is 13.6. The fourth-order valence-corrected chi connectivity index (χ4v) is 4.06. The van der Waals surface area contributed by atoms with Crippen molar-refractivity contribution in [3.05, 3.63) is 77.2 Å². The highest BCUT2D eigenvalue weighted by Crippen LogP contribution is 2.31. The second kappa shape index (κ2) is 8.11. The molecule has 0 aliphatic carbocycles. The molecular formula is C24H27N3O. The maximum absolute atomic E-state index is 10.4. The van der Waals surface area contributed by atoms with E-state index in [9.17, 15) is 5.11 Å². The number of piperidine rings is 1. The third kappa shape index (κ3) is 4.07. The molecule has 0 unspecified atom stereocenters. The Morgan fingerprint density at radius 3 is 2.54 bits per heavy atom. The minimum atomic E-state index is 0.354. The van der Waals surface area contributed by atoms with E-state index in [2.05, 4.69) is 51.3 Å². The molecule has 4 rings (SSSR count). The normalized spacial score (nSPS) is 15.6. The van der Waals surface area contributed by atoms with Gasteiger partial charge in [0.05, 0.1) is 17.1 Å². The van der Waals surface area contributed by atoms with Crippen molar-refractivity contribution < 1.29 is 5.11 Å². The first-order valence-corrected chi connectivity index (χ1v) is 10.00. The Kier molecular flexibility index (Phi) is 5.40. The quantitative estimate of drug-likeness (QED) is 0.710. The van der Waals surface area contributed by atoms with Gasteiger partial charge in [0.1, 0.15) is 5.75 Å². The zero-order chi connectivity index (χ0) is 19.5. The van der Waals surface area contributed by atoms with Crippen molar-refractivity contribution in [1.82, 2.24) is 14.9 Å². The standard InChI is InChI=1S/C24H27N3O/c1-17-15-25-18(2)24(26-17)21-8-9-23(28)22(14-21)16-27-12-10-20(11-13-27)19-6-4-3-5-7-19/h3-9,14-15,20,28H,10-13,16H2,1-2H3. The lowest BCUT2D eigenvalue weighted by atomic mass is 9.89. The highest BCUT2D eigenvalue weighted by Gasteiger charge is 2.21. The number of phenolic OH excluding ortho intramolecular Hbond substituents is 1. The summed E-state index contributed by atoms with van der Waals surface area (Å²) in [7, 11) is 0. The van der Waals surface area contributed by atoms with Crippen LogP contribution in [0.4, 0.5) is 0 Å². The Morgan fingerprint density at radius 2 is 1.79 bits per heavy atom. The highest BCUT2D eigenvalue weighted by molar-refractivity contribution is 5.64. The molecule has 2 heterocycles. The lowest BCUT2D eigenvalue weighted by Gasteiger charge is -2.32. The van der Waals surface area contributed by atoms with Crippen LogP contribution in [0.1, 0.15) is 41.3 Å². The van der Waals surface area contributed by atoms with E-state index in [1.165, 1.54) is 5.56 Å². The van der Waals surface area contributed by atoms with Crippen molar-refractivity contribution in [2.45, 2.75) is 39.2 Å². The van der Waals surface area contributed by atoms with E-state index >= 15 is 0 Å². The van der Waals surface area contributed by atoms with E-state index in [0.717, 1.165) is 60.7 Å². The lowest BCUT2D eigenvalue weighted by molar-refractivity contribution is 0.202. The van der Waals surface area contributed by atoms with Gasteiger partial charge >= 0.3 is 0 Å². The number of aryl methyl sites for hydroxylation is 2. The molecule has 4 heteroatoms. The summed E-state index contributed by atoms with van der Waals surface area (Å²) in [6.07, 6.45) is 4.11. The maximum Gasteiger partial charge on any atom is 0.120 e. The van der Waals surface area contributed by atoms with E-state index in [-0.39, 0.29) is 0 Å². The van der Waals surface area contributed by atoms with Crippen LogP contribution < -0.4 is 0 Å². The summed E-state index contributed by atoms with van der Waals surface area (Å²) < 4.78 is 0. The molecule has 1 aliphatic heterocycles. The number of hydrogen-bond acceptors (Lipinski definition) is 4. The van der Waals surface area contributed by atoms with Gasteiger partial charge in [0, 0.05) is 23.9 Å². The molecule has 1 aliphatic rings. The number of aromatic hydroxyl groups is 1. The molecule has 0 radical (unpaired) electrons. The topological polar surface area (TPSA) is 49.3 Å². The van der Waals surface area contributed by atoms with E-state index in [1.54, 1.807) is 12.3 Å². The van der Waals surface area contributed by atoms with Crippen LogP contribution in [0.15, 0.2) is 54.7 Å². The van der Waals surface area contributed by atoms with Crippen molar-refractivity contribution in [2.75, 3.05) is 13.1 Å². The van der Waals surface area contributed by atoms with Gasteiger partial charge in [-0.05, 0) is 69.5 Å². The zero-order valence-corrected chi connectivity index (χ0v) is 16.6. The molecule has 4 nitrogen and oxygen atoms in total. The van der Waals surface area contributed by atoms with E-state index in [1.807, 2.05) is 19.9 Å². The summed E-state index contributed by atoms with van der Waals surface area (Å²) >= 11 is 0. The van der Waals surface area contributed by atoms with Crippen LogP contribution in [-0.2, 0) is 6.54 Å². The van der Waals surface area contributed by atoms with Gasteiger partial charge in [-0.2, -0.15) is 0 Å². The largest absolute Gasteiger partial charge is 0.508 e. The van der Waals surface area contributed by atoms with Crippen molar-refractivity contribution >= 4 is 0 Å². The van der Waals surface area contributed by atoms with Gasteiger partial charge in [-0.3, -0.25) is 9.88 Å². The molecule has 1 fully saturated rings. The van der Waals surface area contributed by atoms with Crippen LogP contribution in [0.3, 0.4) is 0 Å². The highest BCUT2D eigenvalue weighted by atomic mass is 16.3. The van der Waals surface area contributed by atoms with Crippen molar-refractivity contribution in [1.29, 1.82) is 0 Å². The molecule has 0 saturated carbocycles. The fourth-order valence-electron chi connectivity index (χ4n) is 4.06. The molecule has 2 aromatic carbocycles. The van der Waals surface area contributed by atoms with E-state index < -0.39 is 0 Å². The van der Waals surface area contributed by atoms with Gasteiger partial charge in [-0.1, -0.05) is 30.3 Å². The molecule has 144 valence electrons. The average molecular weight is 374 g/mol. The van der Waals surface area contributed by atoms with Crippen LogP contribution in [0.5, 0.6) is 5.75 Å². The van der Waals surface area contributed by atoms with Crippen molar-refractivity contribution in [2.24, 2.45) is 0 Å². The number of benzene rings is 2. The minimum absolute atomic E-state index is 0.354. The second-order valence-corrected chi connectivity index (χ2v) is 7.75. The number of likely N-dealkylation sites (tertiary alicyclic amines) is 1. The smallest absolute Gasteiger partial charge is 0.120 e. The lowest BCUT2D eigenvalue weighted by Crippen LogP contribution is -2.32. The van der Waals surface area contributed by atoms with Crippen LogP contribution in [0, 0.1) is 13.8 Å². The molecule has 1 saturated heterocycles. The van der Waals surface area contributed by atoms with Gasteiger partial charge in [0.15, 0.2) is 0 Å². The third-order valence-corrected chi connectivity index (χ3v) is 5.68. The summed E-state index contributed by atoms with van der Waals surface area (Å²) in [5.41, 5.74) is 6.12. The monoisotopic (exact) mass is 373 g/mol. The Balaban J connectivity index is 1.47. The Hall–Kier alpha value is -2.72. The Morgan fingerprint density at radius 1 is 1.04 bits per heavy atom. The van der Waals surface area contributed by atoms with Gasteiger partial charge in [0.25, 0.3) is 0 Å². The molecule has 0 atom stereocenters. The molecular weight excluding hydrogens is 346 g/mol. The van der Waals surface area contributed by atoms with Crippen molar-refractivity contribution in [3.63, 3.8) is 0 Å². The van der Waals surface area contributed by atoms with Gasteiger partial charge in [-0.25, -0.2) is 4.98 Å². The van der Waals surface area contributed by atoms with Gasteiger partial charge < -0.3 is 5.11 Å². The SMILES string of the molecule is Cc1cnc(C)c(-c2ccc(O)c(CN3CCC(c4ccccc4)CC3)c2)n1. The number of rotatable bonds is 4. The first-order valence-electron chi connectivity index (χ1n) is 10.00. The predicted molar refractivity (Wildman–Crippen MR) is 112 cm³/mol. The summed E-state index contributed by atoms with van der Waals surface area (Å²) in [5.74, 6) is 0.995. The predicted octanol–water partition coefficient (Wildman–Crippen LogP) is 4.85. The molecule has 28 heavy (non-hydrogen) atoms. The summed E-state index contributed by atoms with van der Waals surface area (Å²) in [6.45, 7) is 6.79. The molecule has 0 amide bonds. The maximum atomic E-state index is 10.4. The van der Waals surface area contributed by atoms with Gasteiger partial charge in [-0.15, -0.1) is 0 Å². The zero-order valence-electron chi connectivity index (χ0n) is 16.6. The number of phenols is 1. The summed E-state index contributed by atoms with van der Waals surface area (Å²) in [4.78, 5) is 11.5. The minimum Gasteiger partial charge on any atom is -0.508 e. The molecule has 0 bridgehead atoms. The molecule has 3 aromatic rings. The van der Waals surface area contributed by atoms with Crippen LogP contribution in [0.2, 0.25) is 0 Å². The Bertz CT molecular complexity index is 947. The van der Waals surface area contributed by atoms with E-state index in [4.69, 9.17) is 0 Å². The van der Waals surface area contributed by atoms with E-state index in [0.29, 0.717) is 11.7 Å². The van der Waals surface area contributed by atoms with Crippen molar-refractivity contribution in [3.8, 4) is 17.0 Å². The molecule has 0 spiro atoms. The molecule has 1 N–H and O–H groups in total. The summed E-state index contributed by atoms with van der Waals surface area (Å²) in [5, 5.41) is 10.4. The third-order valence-electron chi connectivity index (χ3n) is 5.68. The van der Waals surface area contributed by atoms with Crippen LogP contribution in [0.25, 0.3) is 11.3 Å². The number of hydrogen-bond donors (Lipinski definition) is 1. The van der Waals surface area contributed by atoms with Crippen LogP contribution >= 0.6 is 0 Å². The number of aromatic nitrogens is 2. The average Bonchev–Trinajstić information content (AvgIpc) is 2.73. The summed E-state index contributed by atoms with van der Waals surface area (Å²) in [6, 6.07) is 16.6. The molecule has 1 aromatic heterocycles. The van der Waals surface area contributed by atoms with Gasteiger partial charge in [0.2, 0.25) is 0 Å². The second-order valence-electron chi connectivity index (χ2n) is 7.75. The Labute approximate surface area is 166 Å². The number of nitrogens with zero attached hydrogens (tertiary/aromatic N) is 3.